The van der Waals surface area contributed by atoms with Crippen LogP contribution in [0.25, 0.3) is 43.8 Å². The normalized spacial score (nSPS) is 15.1. The summed E-state index contributed by atoms with van der Waals surface area (Å²) in [4.78, 5) is 10.4. The molecule has 8 rings (SSSR count). The minimum atomic E-state index is -0.453. The van der Waals surface area contributed by atoms with Crippen molar-refractivity contribution in [2.24, 2.45) is 9.98 Å². The summed E-state index contributed by atoms with van der Waals surface area (Å²) in [5.41, 5.74) is 6.98. The number of benzene rings is 6. The van der Waals surface area contributed by atoms with E-state index in [1.165, 1.54) is 5.39 Å². The van der Waals surface area contributed by atoms with E-state index < -0.39 is 6.17 Å². The lowest BCUT2D eigenvalue weighted by Crippen LogP contribution is -2.36. The number of nitrogens with zero attached hydrogens (tertiary/aromatic N) is 2. The van der Waals surface area contributed by atoms with Crippen LogP contribution in [-0.2, 0) is 0 Å². The average Bonchev–Trinajstić information content (AvgIpc) is 3.44. The molecule has 4 nitrogen and oxygen atoms in total. The monoisotopic (exact) mass is 527 g/mol. The van der Waals surface area contributed by atoms with E-state index in [0.717, 1.165) is 66.8 Å². The molecule has 1 N–H and O–H groups in total. The van der Waals surface area contributed by atoms with Gasteiger partial charge in [0.05, 0.1) is 0 Å². The molecule has 4 heteroatoms. The molecule has 0 aliphatic carbocycles. The molecule has 194 valence electrons. The molecule has 6 aromatic carbocycles. The van der Waals surface area contributed by atoms with Gasteiger partial charge in [-0.05, 0) is 22.4 Å². The number of fused-ring (bicyclic) bond motifs is 4. The van der Waals surface area contributed by atoms with Gasteiger partial charge in [-0.2, -0.15) is 0 Å². The molecule has 2 heterocycles. The number of hydrogen-bond acceptors (Lipinski definition) is 4. The Hall–Kier alpha value is -5.48. The summed E-state index contributed by atoms with van der Waals surface area (Å²) in [6, 6.07) is 47.9. The van der Waals surface area contributed by atoms with Gasteiger partial charge in [0, 0.05) is 33.0 Å². The second-order valence-corrected chi connectivity index (χ2v) is 10.2. The standard InChI is InChI=1S/C37H25N3O/c1-3-12-25(13-4-1)28-19-10-21-30-33-31(22-11-23-32(33)41-34(28)30)37-39-35(26-15-5-2-6-16-26)38-36(40-37)29-20-9-17-24-14-7-8-18-27(24)29/h1-23,37H,(H,38,39,40). The summed E-state index contributed by atoms with van der Waals surface area (Å²) in [5, 5.41) is 7.99. The molecule has 1 unspecified atom stereocenters. The highest BCUT2D eigenvalue weighted by Crippen LogP contribution is 2.40. The van der Waals surface area contributed by atoms with Crippen molar-refractivity contribution in [3.63, 3.8) is 0 Å². The van der Waals surface area contributed by atoms with Gasteiger partial charge < -0.3 is 9.73 Å². The van der Waals surface area contributed by atoms with E-state index in [0.29, 0.717) is 0 Å². The molecule has 0 saturated heterocycles. The van der Waals surface area contributed by atoms with Crippen molar-refractivity contribution in [3.05, 3.63) is 156 Å². The number of amidine groups is 2. The quantitative estimate of drug-likeness (QED) is 0.248. The second-order valence-electron chi connectivity index (χ2n) is 10.2. The van der Waals surface area contributed by atoms with E-state index in [1.807, 2.05) is 36.4 Å². The van der Waals surface area contributed by atoms with Crippen molar-refractivity contribution in [2.45, 2.75) is 6.17 Å². The lowest BCUT2D eigenvalue weighted by Gasteiger charge is -2.23. The van der Waals surface area contributed by atoms with Gasteiger partial charge in [0.15, 0.2) is 6.17 Å². The summed E-state index contributed by atoms with van der Waals surface area (Å²) < 4.78 is 6.54. The van der Waals surface area contributed by atoms with Gasteiger partial charge in [-0.3, -0.25) is 0 Å². The van der Waals surface area contributed by atoms with Crippen LogP contribution >= 0.6 is 0 Å². The van der Waals surface area contributed by atoms with Crippen molar-refractivity contribution >= 4 is 44.4 Å². The molecule has 0 fully saturated rings. The van der Waals surface area contributed by atoms with Crippen LogP contribution < -0.4 is 5.32 Å². The molecule has 0 bridgehead atoms. The smallest absolute Gasteiger partial charge is 0.170 e. The summed E-state index contributed by atoms with van der Waals surface area (Å²) in [6.45, 7) is 0. The fraction of sp³-hybridized carbons (Fsp3) is 0.0270. The maximum absolute atomic E-state index is 6.54. The highest BCUT2D eigenvalue weighted by Gasteiger charge is 2.25. The molecular formula is C37H25N3O. The molecule has 1 aliphatic heterocycles. The topological polar surface area (TPSA) is 49.9 Å². The van der Waals surface area contributed by atoms with Crippen LogP contribution in [0.3, 0.4) is 0 Å². The molecule has 0 amide bonds. The highest BCUT2D eigenvalue weighted by atomic mass is 16.3. The van der Waals surface area contributed by atoms with E-state index in [2.05, 4.69) is 108 Å². The van der Waals surface area contributed by atoms with Crippen LogP contribution in [0.15, 0.2) is 154 Å². The van der Waals surface area contributed by atoms with Gasteiger partial charge in [0.2, 0.25) is 0 Å². The summed E-state index contributed by atoms with van der Waals surface area (Å²) in [5.74, 6) is 1.60. The first kappa shape index (κ1) is 23.4. The van der Waals surface area contributed by atoms with E-state index >= 15 is 0 Å². The first-order valence-corrected chi connectivity index (χ1v) is 13.8. The molecule has 7 aromatic rings. The first-order valence-electron chi connectivity index (χ1n) is 13.8. The zero-order valence-corrected chi connectivity index (χ0v) is 22.2. The number of aliphatic imine (C=N–C) groups is 2. The maximum atomic E-state index is 6.54. The van der Waals surface area contributed by atoms with Crippen LogP contribution in [0.1, 0.15) is 22.9 Å². The van der Waals surface area contributed by atoms with Crippen LogP contribution in [0.5, 0.6) is 0 Å². The van der Waals surface area contributed by atoms with Crippen LogP contribution in [0, 0.1) is 0 Å². The molecule has 41 heavy (non-hydrogen) atoms. The Labute approximate surface area is 237 Å². The first-order chi connectivity index (χ1) is 20.3. The maximum Gasteiger partial charge on any atom is 0.170 e. The Kier molecular flexibility index (Phi) is 5.49. The van der Waals surface area contributed by atoms with Gasteiger partial charge >= 0.3 is 0 Å². The Bertz CT molecular complexity index is 2120. The summed E-state index contributed by atoms with van der Waals surface area (Å²) in [7, 11) is 0. The summed E-state index contributed by atoms with van der Waals surface area (Å²) in [6.07, 6.45) is -0.453. The molecule has 0 radical (unpaired) electrons. The lowest BCUT2D eigenvalue weighted by atomic mass is 9.99. The Morgan fingerprint density at radius 2 is 1.15 bits per heavy atom. The molecular weight excluding hydrogens is 502 g/mol. The number of para-hydroxylation sites is 1. The SMILES string of the molecule is c1ccc(C2=NC(c3cccc4oc5c(-c6ccccc6)cccc5c34)N=C(c3cccc4ccccc34)N2)cc1. The molecule has 0 spiro atoms. The van der Waals surface area contributed by atoms with Crippen molar-refractivity contribution < 1.29 is 4.42 Å². The largest absolute Gasteiger partial charge is 0.455 e. The predicted molar refractivity (Wildman–Crippen MR) is 168 cm³/mol. The van der Waals surface area contributed by atoms with Gasteiger partial charge in [-0.15, -0.1) is 0 Å². The average molecular weight is 528 g/mol. The number of rotatable bonds is 4. The van der Waals surface area contributed by atoms with Crippen LogP contribution in [0.2, 0.25) is 0 Å². The second kappa shape index (κ2) is 9.61. The van der Waals surface area contributed by atoms with Crippen molar-refractivity contribution in [1.29, 1.82) is 0 Å². The summed E-state index contributed by atoms with van der Waals surface area (Å²) >= 11 is 0. The Balaban J connectivity index is 1.36. The zero-order valence-electron chi connectivity index (χ0n) is 22.2. The minimum absolute atomic E-state index is 0.453. The molecule has 1 aliphatic rings. The van der Waals surface area contributed by atoms with Crippen molar-refractivity contribution in [2.75, 3.05) is 0 Å². The fourth-order valence-electron chi connectivity index (χ4n) is 5.84. The van der Waals surface area contributed by atoms with Crippen molar-refractivity contribution in [1.82, 2.24) is 5.32 Å². The highest BCUT2D eigenvalue weighted by molar-refractivity contribution is 6.20. The third kappa shape index (κ3) is 4.00. The fourth-order valence-corrected chi connectivity index (χ4v) is 5.84. The van der Waals surface area contributed by atoms with E-state index in [4.69, 9.17) is 14.4 Å². The Morgan fingerprint density at radius 1 is 0.512 bits per heavy atom. The molecule has 0 saturated carbocycles. The lowest BCUT2D eigenvalue weighted by molar-refractivity contribution is 0.668. The number of hydrogen-bond donors (Lipinski definition) is 1. The van der Waals surface area contributed by atoms with E-state index in [9.17, 15) is 0 Å². The molecule has 1 aromatic heterocycles. The predicted octanol–water partition coefficient (Wildman–Crippen LogP) is 8.90. The van der Waals surface area contributed by atoms with Crippen LogP contribution in [0.4, 0.5) is 0 Å². The number of nitrogens with one attached hydrogen (secondary N) is 1. The molecule has 1 atom stereocenters. The van der Waals surface area contributed by atoms with E-state index in [-0.39, 0.29) is 0 Å². The third-order valence-corrected chi connectivity index (χ3v) is 7.75. The minimum Gasteiger partial charge on any atom is -0.455 e. The Morgan fingerprint density at radius 3 is 2.00 bits per heavy atom. The van der Waals surface area contributed by atoms with E-state index in [1.54, 1.807) is 0 Å². The van der Waals surface area contributed by atoms with Gasteiger partial charge in [-0.25, -0.2) is 9.98 Å². The number of furan rings is 1. The van der Waals surface area contributed by atoms with Gasteiger partial charge in [-0.1, -0.05) is 133 Å². The third-order valence-electron chi connectivity index (χ3n) is 7.75. The van der Waals surface area contributed by atoms with Crippen molar-refractivity contribution in [3.8, 4) is 11.1 Å². The van der Waals surface area contributed by atoms with Gasteiger partial charge in [0.25, 0.3) is 0 Å². The zero-order chi connectivity index (χ0) is 27.2. The van der Waals surface area contributed by atoms with Crippen LogP contribution in [-0.4, -0.2) is 11.7 Å². The van der Waals surface area contributed by atoms with Gasteiger partial charge in [0.1, 0.15) is 22.8 Å².